The largest absolute Gasteiger partial charge is 0.461 e. The molecule has 0 aliphatic heterocycles. The van der Waals surface area contributed by atoms with Crippen molar-refractivity contribution in [3.05, 3.63) is 29.5 Å². The number of rotatable bonds is 3. The molecule has 0 bridgehead atoms. The number of benzene rings is 1. The van der Waals surface area contributed by atoms with E-state index in [4.69, 9.17) is 10.2 Å². The monoisotopic (exact) mass is 204 g/mol. The van der Waals surface area contributed by atoms with E-state index in [0.29, 0.717) is 0 Å². The molecule has 0 spiro atoms. The Morgan fingerprint density at radius 1 is 1.40 bits per heavy atom. The highest BCUT2D eigenvalue weighted by Gasteiger charge is 2.09. The van der Waals surface area contributed by atoms with Crippen LogP contribution in [0.15, 0.2) is 22.6 Å². The first-order valence-electron chi connectivity index (χ1n) is 5.20. The van der Waals surface area contributed by atoms with Crippen LogP contribution in [0.2, 0.25) is 0 Å². The molecule has 0 aliphatic rings. The fourth-order valence-electron chi connectivity index (χ4n) is 1.76. The highest BCUT2D eigenvalue weighted by molar-refractivity contribution is 5.85. The summed E-state index contributed by atoms with van der Waals surface area (Å²) < 4.78 is 5.66. The smallest absolute Gasteiger partial charge is 0.134 e. The van der Waals surface area contributed by atoms with Gasteiger partial charge in [-0.15, -0.1) is 0 Å². The summed E-state index contributed by atoms with van der Waals surface area (Å²) in [5.74, 6) is 0.969. The average molecular weight is 204 g/mol. The summed E-state index contributed by atoms with van der Waals surface area (Å²) in [6, 6.07) is 5.76. The van der Waals surface area contributed by atoms with Crippen LogP contribution in [0.1, 0.15) is 18.2 Å². The number of hydrogen-bond acceptors (Lipinski definition) is 3. The molecular weight excluding hydrogens is 188 g/mol. The molecule has 1 heterocycles. The summed E-state index contributed by atoms with van der Waals surface area (Å²) in [7, 11) is 0. The van der Waals surface area contributed by atoms with Gasteiger partial charge in [-0.05, 0) is 31.7 Å². The Kier molecular flexibility index (Phi) is 2.64. The third kappa shape index (κ3) is 1.83. The lowest BCUT2D eigenvalue weighted by Crippen LogP contribution is -2.11. The SMILES string of the molecule is CCNCc1c(C)oc2ccc(N)cc12. The predicted octanol–water partition coefficient (Wildman–Crippen LogP) is 2.43. The lowest BCUT2D eigenvalue weighted by molar-refractivity contribution is 0.567. The molecule has 3 N–H and O–H groups in total. The summed E-state index contributed by atoms with van der Waals surface area (Å²) in [5, 5.41) is 4.42. The maximum absolute atomic E-state index is 5.77. The third-order valence-corrected chi connectivity index (χ3v) is 2.57. The summed E-state index contributed by atoms with van der Waals surface area (Å²) in [6.45, 7) is 5.86. The van der Waals surface area contributed by atoms with Crippen molar-refractivity contribution in [2.45, 2.75) is 20.4 Å². The van der Waals surface area contributed by atoms with Gasteiger partial charge in [-0.3, -0.25) is 0 Å². The van der Waals surface area contributed by atoms with Crippen molar-refractivity contribution in [2.75, 3.05) is 12.3 Å². The normalized spacial score (nSPS) is 11.1. The summed E-state index contributed by atoms with van der Waals surface area (Å²) in [6.07, 6.45) is 0. The summed E-state index contributed by atoms with van der Waals surface area (Å²) >= 11 is 0. The van der Waals surface area contributed by atoms with Crippen LogP contribution in [0, 0.1) is 6.92 Å². The Labute approximate surface area is 89.3 Å². The molecule has 80 valence electrons. The van der Waals surface area contributed by atoms with Gasteiger partial charge in [0, 0.05) is 23.2 Å². The van der Waals surface area contributed by atoms with Gasteiger partial charge in [0.1, 0.15) is 11.3 Å². The number of nitrogens with two attached hydrogens (primary N) is 1. The van der Waals surface area contributed by atoms with Crippen molar-refractivity contribution in [1.82, 2.24) is 5.32 Å². The molecule has 0 saturated carbocycles. The lowest BCUT2D eigenvalue weighted by Gasteiger charge is -2.00. The summed E-state index contributed by atoms with van der Waals surface area (Å²) in [4.78, 5) is 0. The molecule has 3 heteroatoms. The highest BCUT2D eigenvalue weighted by Crippen LogP contribution is 2.27. The van der Waals surface area contributed by atoms with E-state index < -0.39 is 0 Å². The molecule has 0 fully saturated rings. The topological polar surface area (TPSA) is 51.2 Å². The number of aryl methyl sites for hydroxylation is 1. The van der Waals surface area contributed by atoms with Crippen LogP contribution >= 0.6 is 0 Å². The average Bonchev–Trinajstić information content (AvgIpc) is 2.51. The Morgan fingerprint density at radius 3 is 2.93 bits per heavy atom. The van der Waals surface area contributed by atoms with Crippen LogP contribution in [-0.4, -0.2) is 6.54 Å². The van der Waals surface area contributed by atoms with Gasteiger partial charge in [0.25, 0.3) is 0 Å². The van der Waals surface area contributed by atoms with Gasteiger partial charge < -0.3 is 15.5 Å². The number of fused-ring (bicyclic) bond motifs is 1. The van der Waals surface area contributed by atoms with Gasteiger partial charge in [0.05, 0.1) is 0 Å². The van der Waals surface area contributed by atoms with Crippen molar-refractivity contribution in [2.24, 2.45) is 0 Å². The molecule has 15 heavy (non-hydrogen) atoms. The molecule has 0 atom stereocenters. The molecule has 0 unspecified atom stereocenters. The lowest BCUT2D eigenvalue weighted by atomic mass is 10.1. The van der Waals surface area contributed by atoms with Gasteiger partial charge >= 0.3 is 0 Å². The first-order valence-corrected chi connectivity index (χ1v) is 5.20. The first kappa shape index (κ1) is 10.1. The quantitative estimate of drug-likeness (QED) is 0.755. The van der Waals surface area contributed by atoms with Crippen LogP contribution < -0.4 is 11.1 Å². The zero-order valence-electron chi connectivity index (χ0n) is 9.13. The zero-order valence-corrected chi connectivity index (χ0v) is 9.13. The minimum atomic E-state index is 0.779. The molecule has 2 rings (SSSR count). The van der Waals surface area contributed by atoms with E-state index in [2.05, 4.69) is 12.2 Å². The molecule has 0 radical (unpaired) electrons. The van der Waals surface area contributed by atoms with Crippen molar-refractivity contribution < 1.29 is 4.42 Å². The fraction of sp³-hybridized carbons (Fsp3) is 0.333. The van der Waals surface area contributed by atoms with Crippen molar-refractivity contribution in [3.63, 3.8) is 0 Å². The Bertz CT molecular complexity index is 474. The minimum Gasteiger partial charge on any atom is -0.461 e. The van der Waals surface area contributed by atoms with Gasteiger partial charge in [0.15, 0.2) is 0 Å². The molecular formula is C12H16N2O. The van der Waals surface area contributed by atoms with Gasteiger partial charge in [0.2, 0.25) is 0 Å². The fourth-order valence-corrected chi connectivity index (χ4v) is 1.76. The minimum absolute atomic E-state index is 0.779. The second-order valence-electron chi connectivity index (χ2n) is 3.67. The second-order valence-corrected chi connectivity index (χ2v) is 3.67. The maximum Gasteiger partial charge on any atom is 0.134 e. The van der Waals surface area contributed by atoms with Gasteiger partial charge in [-0.1, -0.05) is 6.92 Å². The molecule has 3 nitrogen and oxygen atoms in total. The Morgan fingerprint density at radius 2 is 2.20 bits per heavy atom. The standard InChI is InChI=1S/C12H16N2O/c1-3-14-7-11-8(2)15-12-5-4-9(13)6-10(11)12/h4-6,14H,3,7,13H2,1-2H3. The van der Waals surface area contributed by atoms with Gasteiger partial charge in [-0.2, -0.15) is 0 Å². The van der Waals surface area contributed by atoms with Crippen molar-refractivity contribution in [1.29, 1.82) is 0 Å². The van der Waals surface area contributed by atoms with E-state index in [-0.39, 0.29) is 0 Å². The first-order chi connectivity index (χ1) is 7.22. The molecule has 2 aromatic rings. The number of nitrogen functional groups attached to an aromatic ring is 1. The van der Waals surface area contributed by atoms with Gasteiger partial charge in [-0.25, -0.2) is 0 Å². The van der Waals surface area contributed by atoms with Crippen molar-refractivity contribution >= 4 is 16.7 Å². The van der Waals surface area contributed by atoms with Crippen molar-refractivity contribution in [3.8, 4) is 0 Å². The number of nitrogens with one attached hydrogen (secondary N) is 1. The molecule has 0 aliphatic carbocycles. The Hall–Kier alpha value is -1.48. The van der Waals surface area contributed by atoms with E-state index in [0.717, 1.165) is 35.5 Å². The van der Waals surface area contributed by atoms with E-state index in [1.807, 2.05) is 25.1 Å². The van der Waals surface area contributed by atoms with E-state index in [9.17, 15) is 0 Å². The van der Waals surface area contributed by atoms with Crippen LogP contribution in [0.25, 0.3) is 11.0 Å². The maximum atomic E-state index is 5.77. The zero-order chi connectivity index (χ0) is 10.8. The number of anilines is 1. The second kappa shape index (κ2) is 3.95. The molecule has 1 aromatic carbocycles. The predicted molar refractivity (Wildman–Crippen MR) is 62.7 cm³/mol. The van der Waals surface area contributed by atoms with E-state index >= 15 is 0 Å². The van der Waals surface area contributed by atoms with Crippen LogP contribution in [0.3, 0.4) is 0 Å². The molecule has 0 saturated heterocycles. The highest BCUT2D eigenvalue weighted by atomic mass is 16.3. The third-order valence-electron chi connectivity index (χ3n) is 2.57. The molecule has 0 amide bonds. The van der Waals surface area contributed by atoms with Crippen LogP contribution in [0.4, 0.5) is 5.69 Å². The Balaban J connectivity index is 2.50. The van der Waals surface area contributed by atoms with E-state index in [1.165, 1.54) is 5.56 Å². The number of furan rings is 1. The number of hydrogen-bond donors (Lipinski definition) is 2. The van der Waals surface area contributed by atoms with E-state index in [1.54, 1.807) is 0 Å². The van der Waals surface area contributed by atoms with Crippen LogP contribution in [-0.2, 0) is 6.54 Å². The summed E-state index contributed by atoms with van der Waals surface area (Å²) in [5.41, 5.74) is 8.67. The van der Waals surface area contributed by atoms with Crippen LogP contribution in [0.5, 0.6) is 0 Å². The molecule has 1 aromatic heterocycles.